The summed E-state index contributed by atoms with van der Waals surface area (Å²) in [5.41, 5.74) is 1.27. The molecular weight excluding hydrogens is 331 g/mol. The van der Waals surface area contributed by atoms with Crippen LogP contribution in [-0.4, -0.2) is 19.9 Å². The smallest absolute Gasteiger partial charge is 0.366 e. The average Bonchev–Trinajstić information content (AvgIpc) is 2.61. The summed E-state index contributed by atoms with van der Waals surface area (Å²) in [6, 6.07) is 5.93. The van der Waals surface area contributed by atoms with Crippen LogP contribution >= 0.6 is 0 Å². The summed E-state index contributed by atoms with van der Waals surface area (Å²) in [4.78, 5) is 15.7. The molecule has 0 aliphatic rings. The van der Waals surface area contributed by atoms with Crippen molar-refractivity contribution in [3.05, 3.63) is 65.9 Å². The van der Waals surface area contributed by atoms with Gasteiger partial charge in [-0.3, -0.25) is 9.97 Å². The Bertz CT molecular complexity index is 866. The fraction of sp³-hybridized carbons (Fsp3) is 0.176. The number of hydrogen-bond donors (Lipinski definition) is 1. The molecule has 0 saturated carbocycles. The zero-order valence-electron chi connectivity index (χ0n) is 13.2. The second-order valence-corrected chi connectivity index (χ2v) is 5.36. The van der Waals surface area contributed by atoms with Crippen LogP contribution in [0.3, 0.4) is 0 Å². The van der Waals surface area contributed by atoms with E-state index in [4.69, 9.17) is 0 Å². The molecule has 0 bridgehead atoms. The van der Waals surface area contributed by atoms with Crippen LogP contribution in [0.2, 0.25) is 0 Å². The van der Waals surface area contributed by atoms with Crippen LogP contribution in [-0.2, 0) is 12.7 Å². The van der Waals surface area contributed by atoms with Gasteiger partial charge in [0.1, 0.15) is 5.82 Å². The number of aromatic nitrogens is 4. The number of anilines is 1. The number of aryl methyl sites for hydroxylation is 1. The molecule has 3 aromatic rings. The van der Waals surface area contributed by atoms with Crippen molar-refractivity contribution < 1.29 is 13.2 Å². The first-order chi connectivity index (χ1) is 11.9. The zero-order valence-corrected chi connectivity index (χ0v) is 13.2. The maximum atomic E-state index is 13.1. The molecular formula is C17H14F3N5. The molecule has 1 N–H and O–H groups in total. The molecule has 0 unspecified atom stereocenters. The summed E-state index contributed by atoms with van der Waals surface area (Å²) < 4.78 is 39.4. The van der Waals surface area contributed by atoms with Crippen LogP contribution in [0.1, 0.15) is 16.8 Å². The van der Waals surface area contributed by atoms with Crippen LogP contribution in [0, 0.1) is 6.92 Å². The first-order valence-electron chi connectivity index (χ1n) is 7.43. The predicted molar refractivity (Wildman–Crippen MR) is 86.6 cm³/mol. The lowest BCUT2D eigenvalue weighted by atomic mass is 10.1. The second kappa shape index (κ2) is 6.84. The standard InChI is InChI=1S/C17H14F3N5/c1-11-8-22-6-4-12(11)10-23-15-7-14(17(18,19)20)24-16(25-15)13-3-2-5-21-9-13/h2-9H,10H2,1H3,(H,23,24,25). The molecule has 0 aliphatic carbocycles. The minimum Gasteiger partial charge on any atom is -0.366 e. The molecule has 0 saturated heterocycles. The number of rotatable bonds is 4. The van der Waals surface area contributed by atoms with Crippen LogP contribution in [0.5, 0.6) is 0 Å². The lowest BCUT2D eigenvalue weighted by Gasteiger charge is -2.12. The number of halogens is 3. The van der Waals surface area contributed by atoms with Gasteiger partial charge < -0.3 is 5.32 Å². The van der Waals surface area contributed by atoms with Crippen molar-refractivity contribution in [3.63, 3.8) is 0 Å². The Morgan fingerprint density at radius 2 is 1.84 bits per heavy atom. The summed E-state index contributed by atoms with van der Waals surface area (Å²) in [6.07, 6.45) is 1.71. The van der Waals surface area contributed by atoms with Crippen molar-refractivity contribution in [1.82, 2.24) is 19.9 Å². The minimum absolute atomic E-state index is 0.0307. The van der Waals surface area contributed by atoms with E-state index >= 15 is 0 Å². The van der Waals surface area contributed by atoms with Gasteiger partial charge in [0.15, 0.2) is 11.5 Å². The van der Waals surface area contributed by atoms with Crippen molar-refractivity contribution in [1.29, 1.82) is 0 Å². The summed E-state index contributed by atoms with van der Waals surface area (Å²) in [5.74, 6) is 0.0641. The number of nitrogens with zero attached hydrogens (tertiary/aromatic N) is 4. The van der Waals surface area contributed by atoms with Gasteiger partial charge >= 0.3 is 6.18 Å². The predicted octanol–water partition coefficient (Wildman–Crippen LogP) is 3.87. The van der Waals surface area contributed by atoms with Gasteiger partial charge in [-0.25, -0.2) is 9.97 Å². The molecule has 0 spiro atoms. The second-order valence-electron chi connectivity index (χ2n) is 5.36. The third kappa shape index (κ3) is 4.09. The molecule has 0 fully saturated rings. The van der Waals surface area contributed by atoms with Crippen LogP contribution in [0.25, 0.3) is 11.4 Å². The normalized spacial score (nSPS) is 11.4. The van der Waals surface area contributed by atoms with Gasteiger partial charge in [-0.05, 0) is 36.2 Å². The van der Waals surface area contributed by atoms with Crippen molar-refractivity contribution in [2.24, 2.45) is 0 Å². The third-order valence-electron chi connectivity index (χ3n) is 3.53. The van der Waals surface area contributed by atoms with E-state index < -0.39 is 11.9 Å². The largest absolute Gasteiger partial charge is 0.433 e. The van der Waals surface area contributed by atoms with Crippen molar-refractivity contribution >= 4 is 5.82 Å². The summed E-state index contributed by atoms with van der Waals surface area (Å²) in [5, 5.41) is 2.93. The number of hydrogen-bond acceptors (Lipinski definition) is 5. The fourth-order valence-corrected chi connectivity index (χ4v) is 2.19. The van der Waals surface area contributed by atoms with Gasteiger partial charge in [0.25, 0.3) is 0 Å². The van der Waals surface area contributed by atoms with Gasteiger partial charge in [-0.2, -0.15) is 13.2 Å². The lowest BCUT2D eigenvalue weighted by molar-refractivity contribution is -0.141. The SMILES string of the molecule is Cc1cnccc1CNc1cc(C(F)(F)F)nc(-c2cccnc2)n1. The Kier molecular flexibility index (Phi) is 4.60. The van der Waals surface area contributed by atoms with E-state index in [0.717, 1.165) is 17.2 Å². The minimum atomic E-state index is -4.57. The summed E-state index contributed by atoms with van der Waals surface area (Å²) in [6.45, 7) is 2.21. The molecule has 8 heteroatoms. The topological polar surface area (TPSA) is 63.6 Å². The van der Waals surface area contributed by atoms with E-state index in [0.29, 0.717) is 12.1 Å². The highest BCUT2D eigenvalue weighted by molar-refractivity contribution is 5.56. The number of alkyl halides is 3. The Hall–Kier alpha value is -3.03. The molecule has 3 heterocycles. The molecule has 3 rings (SSSR count). The number of pyridine rings is 2. The zero-order chi connectivity index (χ0) is 17.9. The fourth-order valence-electron chi connectivity index (χ4n) is 2.19. The highest BCUT2D eigenvalue weighted by atomic mass is 19.4. The Morgan fingerprint density at radius 1 is 1.04 bits per heavy atom. The monoisotopic (exact) mass is 345 g/mol. The summed E-state index contributed by atoms with van der Waals surface area (Å²) >= 11 is 0. The third-order valence-corrected chi connectivity index (χ3v) is 3.53. The summed E-state index contributed by atoms with van der Waals surface area (Å²) in [7, 11) is 0. The Balaban J connectivity index is 1.94. The van der Waals surface area contributed by atoms with E-state index in [2.05, 4.69) is 25.3 Å². The highest BCUT2D eigenvalue weighted by Gasteiger charge is 2.33. The highest BCUT2D eigenvalue weighted by Crippen LogP contribution is 2.30. The van der Waals surface area contributed by atoms with Crippen molar-refractivity contribution in [2.75, 3.05) is 5.32 Å². The quantitative estimate of drug-likeness (QED) is 0.778. The molecule has 5 nitrogen and oxygen atoms in total. The Labute approximate surface area is 142 Å². The van der Waals surface area contributed by atoms with E-state index in [1.54, 1.807) is 30.6 Å². The molecule has 0 aliphatic heterocycles. The van der Waals surface area contributed by atoms with Gasteiger partial charge in [0, 0.05) is 43.0 Å². The van der Waals surface area contributed by atoms with E-state index in [1.807, 2.05) is 6.92 Å². The maximum Gasteiger partial charge on any atom is 0.433 e. The number of nitrogens with one attached hydrogen (secondary N) is 1. The van der Waals surface area contributed by atoms with Gasteiger partial charge in [0.2, 0.25) is 0 Å². The molecule has 0 atom stereocenters. The molecule has 0 radical (unpaired) electrons. The first kappa shape index (κ1) is 16.8. The van der Waals surface area contributed by atoms with Crippen molar-refractivity contribution in [3.8, 4) is 11.4 Å². The van der Waals surface area contributed by atoms with Crippen molar-refractivity contribution in [2.45, 2.75) is 19.6 Å². The van der Waals surface area contributed by atoms with E-state index in [-0.39, 0.29) is 11.6 Å². The Morgan fingerprint density at radius 3 is 2.52 bits per heavy atom. The maximum absolute atomic E-state index is 13.1. The molecule has 0 amide bonds. The van der Waals surface area contributed by atoms with Crippen LogP contribution < -0.4 is 5.32 Å². The van der Waals surface area contributed by atoms with Gasteiger partial charge in [-0.1, -0.05) is 0 Å². The van der Waals surface area contributed by atoms with Crippen LogP contribution in [0.4, 0.5) is 19.0 Å². The van der Waals surface area contributed by atoms with Gasteiger partial charge in [0.05, 0.1) is 0 Å². The van der Waals surface area contributed by atoms with Gasteiger partial charge in [-0.15, -0.1) is 0 Å². The molecule has 0 aromatic carbocycles. The first-order valence-corrected chi connectivity index (χ1v) is 7.43. The molecule has 3 aromatic heterocycles. The molecule has 25 heavy (non-hydrogen) atoms. The average molecular weight is 345 g/mol. The lowest BCUT2D eigenvalue weighted by Crippen LogP contribution is -2.12. The van der Waals surface area contributed by atoms with E-state index in [9.17, 15) is 13.2 Å². The van der Waals surface area contributed by atoms with E-state index in [1.165, 1.54) is 12.4 Å². The molecule has 128 valence electrons. The van der Waals surface area contributed by atoms with Crippen LogP contribution in [0.15, 0.2) is 49.1 Å².